The molecule has 208 valence electrons. The van der Waals surface area contributed by atoms with Crippen molar-refractivity contribution in [3.05, 3.63) is 87.4 Å². The predicted octanol–water partition coefficient (Wildman–Crippen LogP) is 6.69. The average Bonchev–Trinajstić information content (AvgIpc) is 2.95. The Bertz CT molecular complexity index is 1710. The van der Waals surface area contributed by atoms with Gasteiger partial charge in [-0.25, -0.2) is 18.2 Å². The summed E-state index contributed by atoms with van der Waals surface area (Å²) in [4.78, 5) is 30.4. The molecule has 0 aliphatic heterocycles. The van der Waals surface area contributed by atoms with Gasteiger partial charge in [0.2, 0.25) is 10.0 Å². The van der Waals surface area contributed by atoms with Crippen molar-refractivity contribution in [2.75, 3.05) is 25.0 Å². The number of hydrogen-bond acceptors (Lipinski definition) is 6. The Labute approximate surface area is 246 Å². The van der Waals surface area contributed by atoms with Gasteiger partial charge in [-0.1, -0.05) is 72.9 Å². The highest BCUT2D eigenvalue weighted by atomic mass is 35.5. The number of pyridine rings is 1. The van der Waals surface area contributed by atoms with Gasteiger partial charge < -0.3 is 10.1 Å². The fraction of sp³-hybridized carbons (Fsp3) is 0.179. The summed E-state index contributed by atoms with van der Waals surface area (Å²) in [7, 11) is -3.71. The van der Waals surface area contributed by atoms with Crippen molar-refractivity contribution in [3.8, 4) is 11.3 Å². The molecule has 0 fully saturated rings. The quantitative estimate of drug-likeness (QED) is 0.165. The van der Waals surface area contributed by atoms with Crippen LogP contribution in [0.4, 0.5) is 5.69 Å². The van der Waals surface area contributed by atoms with Crippen molar-refractivity contribution in [1.29, 1.82) is 0 Å². The second-order valence-corrected chi connectivity index (χ2v) is 11.6. The second kappa shape index (κ2) is 12.5. The van der Waals surface area contributed by atoms with Crippen LogP contribution >= 0.6 is 34.8 Å². The molecule has 4 aromatic rings. The largest absolute Gasteiger partial charge is 0.452 e. The number of esters is 1. The Balaban J connectivity index is 1.54. The molecule has 0 unspecified atom stereocenters. The molecule has 0 aliphatic carbocycles. The number of nitrogens with one attached hydrogen (secondary N) is 1. The number of halogens is 3. The highest BCUT2D eigenvalue weighted by molar-refractivity contribution is 7.89. The van der Waals surface area contributed by atoms with Crippen LogP contribution in [0.3, 0.4) is 0 Å². The highest BCUT2D eigenvalue weighted by Gasteiger charge is 2.22. The number of rotatable bonds is 9. The smallest absolute Gasteiger partial charge is 0.339 e. The number of sulfonamides is 1. The molecule has 4 rings (SSSR count). The van der Waals surface area contributed by atoms with Crippen LogP contribution in [-0.2, 0) is 19.6 Å². The topological polar surface area (TPSA) is 106 Å². The number of para-hydroxylation sites is 1. The molecule has 1 amide bonds. The van der Waals surface area contributed by atoms with Gasteiger partial charge >= 0.3 is 5.97 Å². The number of carbonyl (C=O) groups is 2. The standard InChI is InChI=1S/C28H24Cl3N3O5S/c1-3-34(4-2)40(37,38)18-9-7-8-17(14-18)32-25(35)16-39-28(36)21-15-24(33-23-11-6-5-10-19(21)23)20-12-13-22(29)27(31)26(20)30/h5-15H,3-4,16H2,1-2H3,(H,32,35). The zero-order valence-electron chi connectivity index (χ0n) is 21.4. The summed E-state index contributed by atoms with van der Waals surface area (Å²) >= 11 is 18.7. The normalized spacial score (nSPS) is 11.6. The maximum atomic E-state index is 13.1. The number of fused-ring (bicyclic) bond motifs is 1. The number of aromatic nitrogens is 1. The number of ether oxygens (including phenoxy) is 1. The molecule has 3 aromatic carbocycles. The number of carbonyl (C=O) groups excluding carboxylic acids is 2. The molecule has 12 heteroatoms. The Hall–Kier alpha value is -3.21. The molecule has 0 atom stereocenters. The van der Waals surface area contributed by atoms with Crippen LogP contribution in [0.5, 0.6) is 0 Å². The van der Waals surface area contributed by atoms with Gasteiger partial charge in [0.25, 0.3) is 5.91 Å². The van der Waals surface area contributed by atoms with Gasteiger partial charge in [0.1, 0.15) is 0 Å². The van der Waals surface area contributed by atoms with Crippen molar-refractivity contribution in [2.45, 2.75) is 18.7 Å². The van der Waals surface area contributed by atoms with Gasteiger partial charge in [-0.15, -0.1) is 0 Å². The summed E-state index contributed by atoms with van der Waals surface area (Å²) in [5.74, 6) is -1.40. The maximum Gasteiger partial charge on any atom is 0.339 e. The Morgan fingerprint density at radius 2 is 1.65 bits per heavy atom. The summed E-state index contributed by atoms with van der Waals surface area (Å²) in [6, 6.07) is 17.6. The molecule has 0 radical (unpaired) electrons. The molecular weight excluding hydrogens is 597 g/mol. The lowest BCUT2D eigenvalue weighted by Gasteiger charge is -2.18. The first kappa shape index (κ1) is 29.8. The van der Waals surface area contributed by atoms with E-state index in [1.165, 1.54) is 28.6 Å². The van der Waals surface area contributed by atoms with E-state index in [-0.39, 0.29) is 31.2 Å². The zero-order valence-corrected chi connectivity index (χ0v) is 24.5. The van der Waals surface area contributed by atoms with Gasteiger partial charge in [-0.2, -0.15) is 4.31 Å². The Morgan fingerprint density at radius 3 is 2.38 bits per heavy atom. The van der Waals surface area contributed by atoms with Crippen molar-refractivity contribution >= 4 is 73.3 Å². The van der Waals surface area contributed by atoms with Gasteiger partial charge in [0, 0.05) is 29.7 Å². The number of nitrogens with zero attached hydrogens (tertiary/aromatic N) is 2. The Kier molecular flexibility index (Phi) is 9.33. The minimum Gasteiger partial charge on any atom is -0.452 e. The third kappa shape index (κ3) is 6.24. The van der Waals surface area contributed by atoms with Gasteiger partial charge in [0.05, 0.1) is 36.7 Å². The lowest BCUT2D eigenvalue weighted by molar-refractivity contribution is -0.119. The molecular formula is C28H24Cl3N3O5S. The first-order valence-electron chi connectivity index (χ1n) is 12.2. The van der Waals surface area contributed by atoms with E-state index in [0.717, 1.165) is 0 Å². The van der Waals surface area contributed by atoms with Crippen LogP contribution in [-0.4, -0.2) is 49.3 Å². The molecule has 1 aromatic heterocycles. The molecule has 0 spiro atoms. The van der Waals surface area contributed by atoms with E-state index >= 15 is 0 Å². The van der Waals surface area contributed by atoms with Crippen LogP contribution in [0.2, 0.25) is 15.1 Å². The van der Waals surface area contributed by atoms with E-state index in [0.29, 0.717) is 35.2 Å². The molecule has 0 saturated carbocycles. The van der Waals surface area contributed by atoms with Crippen molar-refractivity contribution in [3.63, 3.8) is 0 Å². The van der Waals surface area contributed by atoms with Crippen LogP contribution in [0.15, 0.2) is 71.6 Å². The van der Waals surface area contributed by atoms with E-state index in [1.54, 1.807) is 56.3 Å². The number of benzene rings is 3. The third-order valence-electron chi connectivity index (χ3n) is 6.04. The van der Waals surface area contributed by atoms with Crippen LogP contribution in [0.25, 0.3) is 22.2 Å². The molecule has 0 aliphatic rings. The van der Waals surface area contributed by atoms with Crippen LogP contribution in [0, 0.1) is 0 Å². The summed E-state index contributed by atoms with van der Waals surface area (Å²) < 4.78 is 32.3. The van der Waals surface area contributed by atoms with Gasteiger partial charge in [-0.3, -0.25) is 4.79 Å². The third-order valence-corrected chi connectivity index (χ3v) is 9.38. The first-order chi connectivity index (χ1) is 19.1. The van der Waals surface area contributed by atoms with E-state index in [2.05, 4.69) is 10.3 Å². The monoisotopic (exact) mass is 619 g/mol. The lowest BCUT2D eigenvalue weighted by Crippen LogP contribution is -2.30. The molecule has 1 heterocycles. The predicted molar refractivity (Wildman–Crippen MR) is 158 cm³/mol. The SMILES string of the molecule is CCN(CC)S(=O)(=O)c1cccc(NC(=O)COC(=O)c2cc(-c3ccc(Cl)c(Cl)c3Cl)nc3ccccc23)c1. The Morgan fingerprint density at radius 1 is 0.925 bits per heavy atom. The number of anilines is 1. The van der Waals surface area contributed by atoms with Crippen molar-refractivity contribution < 1.29 is 22.7 Å². The van der Waals surface area contributed by atoms with E-state index in [9.17, 15) is 18.0 Å². The molecule has 40 heavy (non-hydrogen) atoms. The average molecular weight is 621 g/mol. The van der Waals surface area contributed by atoms with Crippen molar-refractivity contribution in [1.82, 2.24) is 9.29 Å². The van der Waals surface area contributed by atoms with E-state index < -0.39 is 28.5 Å². The molecule has 1 N–H and O–H groups in total. The van der Waals surface area contributed by atoms with Gasteiger partial charge in [0.15, 0.2) is 6.61 Å². The summed E-state index contributed by atoms with van der Waals surface area (Å²) in [5.41, 5.74) is 1.76. The van der Waals surface area contributed by atoms with E-state index in [4.69, 9.17) is 39.5 Å². The number of amides is 1. The fourth-order valence-corrected chi connectivity index (χ4v) is 6.20. The highest BCUT2D eigenvalue weighted by Crippen LogP contribution is 2.38. The zero-order chi connectivity index (χ0) is 29.0. The second-order valence-electron chi connectivity index (χ2n) is 8.54. The molecule has 0 bridgehead atoms. The van der Waals surface area contributed by atoms with E-state index in [1.807, 2.05) is 0 Å². The molecule has 8 nitrogen and oxygen atoms in total. The van der Waals surface area contributed by atoms with Crippen molar-refractivity contribution in [2.24, 2.45) is 0 Å². The first-order valence-corrected chi connectivity index (χ1v) is 14.7. The lowest BCUT2D eigenvalue weighted by atomic mass is 10.0. The summed E-state index contributed by atoms with van der Waals surface area (Å²) in [6.07, 6.45) is 0. The van der Waals surface area contributed by atoms with Crippen LogP contribution in [0.1, 0.15) is 24.2 Å². The fourth-order valence-electron chi connectivity index (χ4n) is 4.06. The summed E-state index contributed by atoms with van der Waals surface area (Å²) in [5, 5.41) is 3.70. The van der Waals surface area contributed by atoms with Crippen LogP contribution < -0.4 is 5.32 Å². The molecule has 0 saturated heterocycles. The number of hydrogen-bond donors (Lipinski definition) is 1. The minimum atomic E-state index is -3.71. The maximum absolute atomic E-state index is 13.1. The van der Waals surface area contributed by atoms with Gasteiger partial charge in [-0.05, 0) is 42.5 Å². The minimum absolute atomic E-state index is 0.0442. The summed E-state index contributed by atoms with van der Waals surface area (Å²) in [6.45, 7) is 3.51.